The summed E-state index contributed by atoms with van der Waals surface area (Å²) >= 11 is 6.18. The molecule has 1 saturated heterocycles. The molecule has 4 rings (SSSR count). The van der Waals surface area contributed by atoms with Crippen LogP contribution >= 0.6 is 11.6 Å². The Balaban J connectivity index is 1.67. The first-order chi connectivity index (χ1) is 16.2. The lowest BCUT2D eigenvalue weighted by Gasteiger charge is -2.33. The van der Waals surface area contributed by atoms with Gasteiger partial charge in [0.25, 0.3) is 5.91 Å². The Bertz CT molecular complexity index is 1190. The summed E-state index contributed by atoms with van der Waals surface area (Å²) in [5.74, 6) is -0.960. The summed E-state index contributed by atoms with van der Waals surface area (Å²) < 4.78 is 0. The van der Waals surface area contributed by atoms with Crippen LogP contribution in [0.15, 0.2) is 42.6 Å². The van der Waals surface area contributed by atoms with E-state index in [1.807, 2.05) is 38.1 Å². The predicted molar refractivity (Wildman–Crippen MR) is 127 cm³/mol. The quantitative estimate of drug-likeness (QED) is 0.708. The number of halogens is 1. The van der Waals surface area contributed by atoms with Crippen molar-refractivity contribution in [3.05, 3.63) is 58.9 Å². The number of pyridine rings is 1. The number of nitrogens with one attached hydrogen (secondary N) is 1. The Kier molecular flexibility index (Phi) is 6.32. The Morgan fingerprint density at radius 3 is 2.74 bits per heavy atom. The van der Waals surface area contributed by atoms with Crippen molar-refractivity contribution in [1.29, 1.82) is 5.26 Å². The summed E-state index contributed by atoms with van der Waals surface area (Å²) in [7, 11) is 1.54. The van der Waals surface area contributed by atoms with Gasteiger partial charge >= 0.3 is 0 Å². The van der Waals surface area contributed by atoms with E-state index in [9.17, 15) is 19.6 Å². The molecule has 0 bridgehead atoms. The number of carbonyl (C=O) groups is 3. The van der Waals surface area contributed by atoms with Crippen LogP contribution in [0.1, 0.15) is 42.7 Å². The molecular weight excluding hydrogens is 454 g/mol. The zero-order chi connectivity index (χ0) is 24.6. The molecule has 2 aliphatic rings. The van der Waals surface area contributed by atoms with E-state index in [-0.39, 0.29) is 41.4 Å². The summed E-state index contributed by atoms with van der Waals surface area (Å²) in [6, 6.07) is 11.1. The molecule has 0 aliphatic carbocycles. The lowest BCUT2D eigenvalue weighted by Crippen LogP contribution is -2.52. The van der Waals surface area contributed by atoms with Crippen molar-refractivity contribution in [1.82, 2.24) is 14.8 Å². The number of aromatic nitrogens is 1. The summed E-state index contributed by atoms with van der Waals surface area (Å²) in [5.41, 5.74) is 0.573. The molecule has 1 spiro atoms. The highest BCUT2D eigenvalue weighted by Gasteiger charge is 2.56. The van der Waals surface area contributed by atoms with E-state index in [1.165, 1.54) is 16.0 Å². The summed E-state index contributed by atoms with van der Waals surface area (Å²) in [6.45, 7) is 3.99. The molecular formula is C25H26ClN5O3. The summed E-state index contributed by atoms with van der Waals surface area (Å²) in [5, 5.41) is 13.0. The minimum atomic E-state index is -0.984. The third-order valence-electron chi connectivity index (χ3n) is 6.64. The van der Waals surface area contributed by atoms with Crippen LogP contribution in [0, 0.1) is 17.2 Å². The van der Waals surface area contributed by atoms with Gasteiger partial charge in [-0.2, -0.15) is 5.26 Å². The number of hydrogen-bond acceptors (Lipinski definition) is 5. The second-order valence-corrected chi connectivity index (χ2v) is 9.70. The van der Waals surface area contributed by atoms with E-state index in [0.717, 1.165) is 5.56 Å². The lowest BCUT2D eigenvalue weighted by molar-refractivity contribution is -0.136. The number of rotatable bonds is 5. The molecule has 8 nitrogen and oxygen atoms in total. The van der Waals surface area contributed by atoms with Gasteiger partial charge in [-0.1, -0.05) is 43.6 Å². The van der Waals surface area contributed by atoms with Gasteiger partial charge in [0, 0.05) is 31.9 Å². The number of likely N-dealkylation sites (tertiary alicyclic amines) is 1. The molecule has 3 amide bonds. The number of benzene rings is 1. The molecule has 2 aliphatic heterocycles. The van der Waals surface area contributed by atoms with E-state index < -0.39 is 23.4 Å². The maximum absolute atomic E-state index is 13.9. The highest BCUT2D eigenvalue weighted by atomic mass is 35.5. The normalized spacial score (nSPS) is 21.8. The monoisotopic (exact) mass is 479 g/mol. The second kappa shape index (κ2) is 9.07. The molecule has 176 valence electrons. The number of para-hydroxylation sites is 1. The van der Waals surface area contributed by atoms with E-state index in [1.54, 1.807) is 19.2 Å². The van der Waals surface area contributed by atoms with Crippen molar-refractivity contribution in [2.24, 2.45) is 5.92 Å². The minimum absolute atomic E-state index is 0.0621. The lowest BCUT2D eigenvalue weighted by atomic mass is 9.80. The van der Waals surface area contributed by atoms with Crippen LogP contribution in [0.25, 0.3) is 0 Å². The molecule has 0 radical (unpaired) electrons. The Morgan fingerprint density at radius 1 is 1.32 bits per heavy atom. The van der Waals surface area contributed by atoms with Crippen LogP contribution in [0.4, 0.5) is 5.69 Å². The molecule has 1 fully saturated rings. The number of fused-ring (bicyclic) bond motifs is 2. The van der Waals surface area contributed by atoms with Gasteiger partial charge in [0.1, 0.15) is 17.8 Å². The standard InChI is InChI=1S/C25H26ClN5O3/c1-15(2)11-20(30(3)23(33)21-18(26)8-6-10-28-21)22(32)31-14-25(12-16(31)13-27)17-7-4-5-9-19(17)29-24(25)34/h4-10,15-16,20H,11-12,14H2,1-3H3,(H,29,34)/t16?,20-,25-/m0/s1. The fourth-order valence-corrected chi connectivity index (χ4v) is 5.10. The SMILES string of the molecule is CC(C)C[C@@H](C(=O)N1C[C@]2(CC1C#N)C(=O)Nc1ccccc12)N(C)C(=O)c1ncccc1Cl. The van der Waals surface area contributed by atoms with Crippen LogP contribution in [0.5, 0.6) is 0 Å². The Morgan fingerprint density at radius 2 is 2.06 bits per heavy atom. The van der Waals surface area contributed by atoms with Gasteiger partial charge in [0.05, 0.1) is 16.5 Å². The van der Waals surface area contributed by atoms with Gasteiger partial charge in [0.15, 0.2) is 0 Å². The van der Waals surface area contributed by atoms with Gasteiger partial charge in [-0.25, -0.2) is 4.98 Å². The third kappa shape index (κ3) is 3.90. The summed E-state index contributed by atoms with van der Waals surface area (Å²) in [6.07, 6.45) is 2.06. The van der Waals surface area contributed by atoms with Crippen molar-refractivity contribution in [3.63, 3.8) is 0 Å². The van der Waals surface area contributed by atoms with Crippen molar-refractivity contribution in [3.8, 4) is 6.07 Å². The number of likely N-dealkylation sites (N-methyl/N-ethyl adjacent to an activating group) is 1. The molecule has 1 unspecified atom stereocenters. The molecule has 1 aromatic carbocycles. The smallest absolute Gasteiger partial charge is 0.274 e. The van der Waals surface area contributed by atoms with Gasteiger partial charge in [-0.15, -0.1) is 0 Å². The highest BCUT2D eigenvalue weighted by Crippen LogP contribution is 2.46. The predicted octanol–water partition coefficient (Wildman–Crippen LogP) is 3.24. The topological polar surface area (TPSA) is 106 Å². The van der Waals surface area contributed by atoms with Crippen molar-refractivity contribution < 1.29 is 14.4 Å². The minimum Gasteiger partial charge on any atom is -0.328 e. The Hall–Kier alpha value is -3.44. The molecule has 3 heterocycles. The molecule has 1 aromatic heterocycles. The van der Waals surface area contributed by atoms with Crippen molar-refractivity contribution in [2.75, 3.05) is 18.9 Å². The van der Waals surface area contributed by atoms with Gasteiger partial charge in [0.2, 0.25) is 11.8 Å². The van der Waals surface area contributed by atoms with Crippen molar-refractivity contribution in [2.45, 2.75) is 44.2 Å². The Labute approximate surface area is 203 Å². The maximum atomic E-state index is 13.9. The van der Waals surface area contributed by atoms with Crippen LogP contribution < -0.4 is 5.32 Å². The average molecular weight is 480 g/mol. The zero-order valence-electron chi connectivity index (χ0n) is 19.3. The molecule has 2 aromatic rings. The number of anilines is 1. The molecule has 1 N–H and O–H groups in total. The van der Waals surface area contributed by atoms with Crippen LogP contribution in [0.2, 0.25) is 5.02 Å². The molecule has 34 heavy (non-hydrogen) atoms. The maximum Gasteiger partial charge on any atom is 0.274 e. The van der Waals surface area contributed by atoms with Crippen LogP contribution in [-0.2, 0) is 15.0 Å². The average Bonchev–Trinajstić information content (AvgIpc) is 3.35. The largest absolute Gasteiger partial charge is 0.328 e. The van der Waals surface area contributed by atoms with Crippen LogP contribution in [0.3, 0.4) is 0 Å². The van der Waals surface area contributed by atoms with Gasteiger partial charge in [-0.3, -0.25) is 14.4 Å². The first-order valence-electron chi connectivity index (χ1n) is 11.2. The number of amides is 3. The van der Waals surface area contributed by atoms with E-state index in [2.05, 4.69) is 16.4 Å². The highest BCUT2D eigenvalue weighted by molar-refractivity contribution is 6.33. The van der Waals surface area contributed by atoms with Crippen LogP contribution in [-0.4, -0.2) is 58.2 Å². The fraction of sp³-hybridized carbons (Fsp3) is 0.400. The molecule has 3 atom stereocenters. The molecule has 9 heteroatoms. The number of nitriles is 1. The van der Waals surface area contributed by atoms with Crippen molar-refractivity contribution >= 4 is 35.0 Å². The van der Waals surface area contributed by atoms with Gasteiger partial charge in [-0.05, 0) is 36.1 Å². The first kappa shape index (κ1) is 23.7. The summed E-state index contributed by atoms with van der Waals surface area (Å²) in [4.78, 5) is 47.0. The molecule has 0 saturated carbocycles. The van der Waals surface area contributed by atoms with E-state index in [0.29, 0.717) is 12.1 Å². The fourth-order valence-electron chi connectivity index (χ4n) is 4.90. The second-order valence-electron chi connectivity index (χ2n) is 9.29. The number of carbonyl (C=O) groups excluding carboxylic acids is 3. The third-order valence-corrected chi connectivity index (χ3v) is 6.95. The first-order valence-corrected chi connectivity index (χ1v) is 11.6. The number of nitrogens with zero attached hydrogens (tertiary/aromatic N) is 4. The zero-order valence-corrected chi connectivity index (χ0v) is 20.0. The van der Waals surface area contributed by atoms with Gasteiger partial charge < -0.3 is 15.1 Å². The van der Waals surface area contributed by atoms with E-state index in [4.69, 9.17) is 11.6 Å². The van der Waals surface area contributed by atoms with E-state index >= 15 is 0 Å². The number of hydrogen-bond donors (Lipinski definition) is 1.